The van der Waals surface area contributed by atoms with Crippen molar-refractivity contribution < 1.29 is 4.74 Å². The van der Waals surface area contributed by atoms with Gasteiger partial charge < -0.3 is 10.1 Å². The zero-order valence-corrected chi connectivity index (χ0v) is 11.4. The predicted molar refractivity (Wildman–Crippen MR) is 73.1 cm³/mol. The van der Waals surface area contributed by atoms with E-state index in [1.165, 1.54) is 12.2 Å². The lowest BCUT2D eigenvalue weighted by atomic mass is 9.95. The number of hydrogen-bond acceptors (Lipinski definition) is 3. The summed E-state index contributed by atoms with van der Waals surface area (Å²) in [6.07, 6.45) is 4.75. The van der Waals surface area contributed by atoms with Gasteiger partial charge in [0.1, 0.15) is 0 Å². The first-order valence-corrected chi connectivity index (χ1v) is 7.43. The summed E-state index contributed by atoms with van der Waals surface area (Å²) in [6.45, 7) is 10.2. The van der Waals surface area contributed by atoms with Crippen LogP contribution in [0.2, 0.25) is 0 Å². The van der Waals surface area contributed by atoms with Crippen molar-refractivity contribution in [1.29, 1.82) is 0 Å². The molecule has 2 unspecified atom stereocenters. The molecule has 16 heavy (non-hydrogen) atoms. The molecule has 0 amide bonds. The maximum atomic E-state index is 5.76. The average molecular weight is 243 g/mol. The van der Waals surface area contributed by atoms with Gasteiger partial charge >= 0.3 is 0 Å². The third kappa shape index (κ3) is 5.37. The molecular formula is C13H25NOS. The Labute approximate surface area is 104 Å². The average Bonchev–Trinajstić information content (AvgIpc) is 2.29. The summed E-state index contributed by atoms with van der Waals surface area (Å²) in [7, 11) is 0. The lowest BCUT2D eigenvalue weighted by Gasteiger charge is -2.32. The van der Waals surface area contributed by atoms with Crippen LogP contribution in [-0.2, 0) is 4.74 Å². The number of rotatable bonds is 7. The SMILES string of the molecule is C=CCSCCNC1CCOC(C(C)C)C1. The predicted octanol–water partition coefficient (Wildman–Crippen LogP) is 2.70. The normalized spacial score (nSPS) is 25.9. The molecule has 0 aromatic heterocycles. The maximum absolute atomic E-state index is 5.76. The molecule has 94 valence electrons. The van der Waals surface area contributed by atoms with Gasteiger partial charge in [-0.3, -0.25) is 0 Å². The summed E-state index contributed by atoms with van der Waals surface area (Å²) < 4.78 is 5.76. The molecule has 1 aliphatic heterocycles. The van der Waals surface area contributed by atoms with E-state index >= 15 is 0 Å². The fourth-order valence-electron chi connectivity index (χ4n) is 1.98. The van der Waals surface area contributed by atoms with Crippen LogP contribution in [0.5, 0.6) is 0 Å². The summed E-state index contributed by atoms with van der Waals surface area (Å²) >= 11 is 1.94. The first-order valence-electron chi connectivity index (χ1n) is 6.27. The lowest BCUT2D eigenvalue weighted by molar-refractivity contribution is -0.0240. The minimum Gasteiger partial charge on any atom is -0.378 e. The van der Waals surface area contributed by atoms with Crippen molar-refractivity contribution >= 4 is 11.8 Å². The van der Waals surface area contributed by atoms with Gasteiger partial charge in [-0.2, -0.15) is 11.8 Å². The van der Waals surface area contributed by atoms with E-state index in [-0.39, 0.29) is 0 Å². The molecule has 1 N–H and O–H groups in total. The van der Waals surface area contributed by atoms with Gasteiger partial charge in [0.2, 0.25) is 0 Å². The summed E-state index contributed by atoms with van der Waals surface area (Å²) in [4.78, 5) is 0. The molecule has 2 atom stereocenters. The van der Waals surface area contributed by atoms with Crippen LogP contribution in [0.15, 0.2) is 12.7 Å². The highest BCUT2D eigenvalue weighted by Crippen LogP contribution is 2.20. The molecule has 3 heteroatoms. The fraction of sp³-hybridized carbons (Fsp3) is 0.846. The monoisotopic (exact) mass is 243 g/mol. The van der Waals surface area contributed by atoms with Crippen molar-refractivity contribution in [3.63, 3.8) is 0 Å². The van der Waals surface area contributed by atoms with Crippen LogP contribution in [0.1, 0.15) is 26.7 Å². The van der Waals surface area contributed by atoms with Crippen molar-refractivity contribution in [3.05, 3.63) is 12.7 Å². The molecular weight excluding hydrogens is 218 g/mol. The van der Waals surface area contributed by atoms with Crippen molar-refractivity contribution in [2.24, 2.45) is 5.92 Å². The highest BCUT2D eigenvalue weighted by Gasteiger charge is 2.24. The summed E-state index contributed by atoms with van der Waals surface area (Å²) in [5.74, 6) is 2.87. The Morgan fingerprint density at radius 2 is 2.38 bits per heavy atom. The zero-order valence-electron chi connectivity index (χ0n) is 10.6. The van der Waals surface area contributed by atoms with Gasteiger partial charge in [-0.1, -0.05) is 19.9 Å². The Kier molecular flexibility index (Phi) is 7.17. The summed E-state index contributed by atoms with van der Waals surface area (Å²) in [5.41, 5.74) is 0. The van der Waals surface area contributed by atoms with Gasteiger partial charge in [-0.25, -0.2) is 0 Å². The summed E-state index contributed by atoms with van der Waals surface area (Å²) in [6, 6.07) is 0.658. The van der Waals surface area contributed by atoms with Crippen molar-refractivity contribution in [2.45, 2.75) is 38.8 Å². The topological polar surface area (TPSA) is 21.3 Å². The molecule has 0 aromatic carbocycles. The van der Waals surface area contributed by atoms with Crippen LogP contribution in [0.4, 0.5) is 0 Å². The Morgan fingerprint density at radius 3 is 3.06 bits per heavy atom. The van der Waals surface area contributed by atoms with Crippen molar-refractivity contribution in [2.75, 3.05) is 24.7 Å². The molecule has 1 rings (SSSR count). The Morgan fingerprint density at radius 1 is 1.56 bits per heavy atom. The zero-order chi connectivity index (χ0) is 11.8. The van der Waals surface area contributed by atoms with Gasteiger partial charge in [-0.05, 0) is 18.8 Å². The largest absolute Gasteiger partial charge is 0.378 e. The van der Waals surface area contributed by atoms with Crippen molar-refractivity contribution in [1.82, 2.24) is 5.32 Å². The number of hydrogen-bond donors (Lipinski definition) is 1. The van der Waals surface area contributed by atoms with E-state index in [9.17, 15) is 0 Å². The minimum atomic E-state index is 0.451. The lowest BCUT2D eigenvalue weighted by Crippen LogP contribution is -2.41. The smallest absolute Gasteiger partial charge is 0.0612 e. The van der Waals surface area contributed by atoms with Gasteiger partial charge in [0.15, 0.2) is 0 Å². The third-order valence-electron chi connectivity index (χ3n) is 2.97. The molecule has 0 spiro atoms. The second-order valence-corrected chi connectivity index (χ2v) is 5.84. The molecule has 2 nitrogen and oxygen atoms in total. The standard InChI is InChI=1S/C13H25NOS/c1-4-8-16-9-6-14-12-5-7-15-13(10-12)11(2)3/h4,11-14H,1,5-10H2,2-3H3. The highest BCUT2D eigenvalue weighted by molar-refractivity contribution is 7.99. The molecule has 0 radical (unpaired) electrons. The van der Waals surface area contributed by atoms with Crippen molar-refractivity contribution in [3.8, 4) is 0 Å². The van der Waals surface area contributed by atoms with E-state index in [0.29, 0.717) is 18.1 Å². The number of ether oxygens (including phenoxy) is 1. The first-order chi connectivity index (χ1) is 7.74. The number of nitrogens with one attached hydrogen (secondary N) is 1. The van der Waals surface area contributed by atoms with Crippen LogP contribution in [0.3, 0.4) is 0 Å². The molecule has 0 saturated carbocycles. The van der Waals surface area contributed by atoms with Gasteiger partial charge in [0.05, 0.1) is 6.10 Å². The third-order valence-corrected chi connectivity index (χ3v) is 3.94. The van der Waals surface area contributed by atoms with E-state index in [4.69, 9.17) is 4.74 Å². The van der Waals surface area contributed by atoms with E-state index < -0.39 is 0 Å². The van der Waals surface area contributed by atoms with Crippen LogP contribution in [0.25, 0.3) is 0 Å². The Balaban J connectivity index is 2.09. The molecule has 0 aliphatic carbocycles. The quantitative estimate of drug-likeness (QED) is 0.549. The molecule has 0 aromatic rings. The summed E-state index contributed by atoms with van der Waals surface area (Å²) in [5, 5.41) is 3.63. The molecule has 1 fully saturated rings. The van der Waals surface area contributed by atoms with E-state index in [1.54, 1.807) is 0 Å². The molecule has 1 aliphatic rings. The Bertz CT molecular complexity index is 196. The minimum absolute atomic E-state index is 0.451. The maximum Gasteiger partial charge on any atom is 0.0612 e. The fourth-order valence-corrected chi connectivity index (χ4v) is 2.58. The second kappa shape index (κ2) is 8.15. The highest BCUT2D eigenvalue weighted by atomic mass is 32.2. The van der Waals surface area contributed by atoms with E-state index in [2.05, 4.69) is 25.7 Å². The van der Waals surface area contributed by atoms with Gasteiger partial charge in [0, 0.05) is 30.7 Å². The van der Waals surface area contributed by atoms with Crippen LogP contribution in [0, 0.1) is 5.92 Å². The Hall–Kier alpha value is 0.01000. The van der Waals surface area contributed by atoms with E-state index in [0.717, 1.165) is 25.3 Å². The molecule has 0 bridgehead atoms. The van der Waals surface area contributed by atoms with Crippen LogP contribution >= 0.6 is 11.8 Å². The second-order valence-electron chi connectivity index (χ2n) is 4.69. The number of thioether (sulfide) groups is 1. The van der Waals surface area contributed by atoms with Crippen LogP contribution in [-0.4, -0.2) is 36.8 Å². The molecule has 1 saturated heterocycles. The van der Waals surface area contributed by atoms with Gasteiger partial charge in [0.25, 0.3) is 0 Å². The molecule has 1 heterocycles. The van der Waals surface area contributed by atoms with Crippen LogP contribution < -0.4 is 5.32 Å². The van der Waals surface area contributed by atoms with E-state index in [1.807, 2.05) is 17.8 Å². The van der Waals surface area contributed by atoms with Gasteiger partial charge in [-0.15, -0.1) is 6.58 Å². The first kappa shape index (κ1) is 14.1.